The number of aromatic nitrogens is 1. The van der Waals surface area contributed by atoms with Crippen molar-refractivity contribution in [1.29, 1.82) is 0 Å². The Morgan fingerprint density at radius 3 is 2.47 bits per heavy atom. The summed E-state index contributed by atoms with van der Waals surface area (Å²) in [4.78, 5) is 14.6. The molecule has 1 amide bonds. The molecule has 0 radical (unpaired) electrons. The number of carbonyl (C=O) groups excluding carboxylic acids is 1. The van der Waals surface area contributed by atoms with Gasteiger partial charge in [0, 0.05) is 35.7 Å². The summed E-state index contributed by atoms with van der Waals surface area (Å²) in [6, 6.07) is 16.5. The van der Waals surface area contributed by atoms with Crippen LogP contribution in [-0.4, -0.2) is 29.8 Å². The number of benzene rings is 2. The van der Waals surface area contributed by atoms with Crippen LogP contribution >= 0.6 is 0 Å². The van der Waals surface area contributed by atoms with Crippen LogP contribution in [0.3, 0.4) is 0 Å². The lowest BCUT2D eigenvalue weighted by atomic mass is 10.2. The Morgan fingerprint density at radius 1 is 1.03 bits per heavy atom. The lowest BCUT2D eigenvalue weighted by Gasteiger charge is -2.18. The highest BCUT2D eigenvalue weighted by atomic mass is 19.1. The largest absolute Gasteiger partial charge is 0.369 e. The summed E-state index contributed by atoms with van der Waals surface area (Å²) in [5.74, 6) is -0.581. The molecule has 0 spiro atoms. The van der Waals surface area contributed by atoms with Crippen molar-refractivity contribution in [2.75, 3.05) is 18.0 Å². The van der Waals surface area contributed by atoms with Crippen molar-refractivity contribution in [2.45, 2.75) is 26.7 Å². The third-order valence-corrected chi connectivity index (χ3v) is 5.44. The van der Waals surface area contributed by atoms with Crippen molar-refractivity contribution in [3.8, 4) is 5.69 Å². The third kappa shape index (κ3) is 4.13. The van der Waals surface area contributed by atoms with Gasteiger partial charge in [-0.25, -0.2) is 9.82 Å². The molecule has 2 heterocycles. The van der Waals surface area contributed by atoms with E-state index in [4.69, 9.17) is 0 Å². The fourth-order valence-electron chi connectivity index (χ4n) is 3.91. The van der Waals surface area contributed by atoms with E-state index in [2.05, 4.69) is 20.0 Å². The zero-order valence-electron chi connectivity index (χ0n) is 17.2. The van der Waals surface area contributed by atoms with E-state index < -0.39 is 0 Å². The van der Waals surface area contributed by atoms with Crippen LogP contribution in [0.5, 0.6) is 0 Å². The first-order valence-corrected chi connectivity index (χ1v) is 10.2. The minimum atomic E-state index is -0.315. The van der Waals surface area contributed by atoms with Crippen molar-refractivity contribution < 1.29 is 9.18 Å². The second-order valence-corrected chi connectivity index (χ2v) is 7.61. The number of nitrogens with one attached hydrogen (secondary N) is 1. The van der Waals surface area contributed by atoms with Crippen LogP contribution in [0, 0.1) is 19.7 Å². The normalized spacial score (nSPS) is 13.9. The first-order valence-electron chi connectivity index (χ1n) is 10.2. The van der Waals surface area contributed by atoms with Gasteiger partial charge in [-0.15, -0.1) is 0 Å². The number of amides is 1. The van der Waals surface area contributed by atoms with Crippen molar-refractivity contribution in [3.05, 3.63) is 82.9 Å². The van der Waals surface area contributed by atoms with E-state index in [1.165, 1.54) is 12.3 Å². The van der Waals surface area contributed by atoms with E-state index >= 15 is 0 Å². The van der Waals surface area contributed by atoms with E-state index in [0.717, 1.165) is 43.0 Å². The Labute approximate surface area is 175 Å². The number of aryl methyl sites for hydroxylation is 2. The molecule has 1 fully saturated rings. The van der Waals surface area contributed by atoms with Gasteiger partial charge in [0.1, 0.15) is 5.82 Å². The van der Waals surface area contributed by atoms with Crippen LogP contribution in [0.15, 0.2) is 59.7 Å². The summed E-state index contributed by atoms with van der Waals surface area (Å²) >= 11 is 0. The molecule has 0 saturated carbocycles. The lowest BCUT2D eigenvalue weighted by molar-refractivity contribution is 0.0955. The lowest BCUT2D eigenvalue weighted by Crippen LogP contribution is -2.19. The molecule has 2 aromatic carbocycles. The zero-order valence-corrected chi connectivity index (χ0v) is 17.2. The molecule has 154 valence electrons. The molecule has 4 rings (SSSR count). The molecule has 1 saturated heterocycles. The first kappa shape index (κ1) is 19.9. The maximum absolute atomic E-state index is 14.4. The molecule has 0 bridgehead atoms. The summed E-state index contributed by atoms with van der Waals surface area (Å²) in [6.45, 7) is 5.83. The molecular weight excluding hydrogens is 379 g/mol. The monoisotopic (exact) mass is 404 g/mol. The second-order valence-electron chi connectivity index (χ2n) is 7.61. The summed E-state index contributed by atoms with van der Waals surface area (Å²) in [7, 11) is 0. The second kappa shape index (κ2) is 8.53. The number of rotatable bonds is 5. The highest BCUT2D eigenvalue weighted by Crippen LogP contribution is 2.24. The average Bonchev–Trinajstić information content (AvgIpc) is 3.38. The fourth-order valence-corrected chi connectivity index (χ4v) is 3.91. The van der Waals surface area contributed by atoms with Gasteiger partial charge in [0.25, 0.3) is 5.91 Å². The summed E-state index contributed by atoms with van der Waals surface area (Å²) < 4.78 is 16.5. The van der Waals surface area contributed by atoms with Crippen LogP contribution in [0.1, 0.15) is 40.2 Å². The molecule has 0 atom stereocenters. The molecule has 1 aliphatic heterocycles. The van der Waals surface area contributed by atoms with Gasteiger partial charge in [-0.3, -0.25) is 4.79 Å². The van der Waals surface area contributed by atoms with Crippen LogP contribution in [0.2, 0.25) is 0 Å². The molecule has 6 heteroatoms. The van der Waals surface area contributed by atoms with Gasteiger partial charge >= 0.3 is 0 Å². The topological polar surface area (TPSA) is 49.6 Å². The van der Waals surface area contributed by atoms with Gasteiger partial charge in [0.05, 0.1) is 11.9 Å². The molecule has 1 aromatic heterocycles. The Morgan fingerprint density at radius 2 is 1.77 bits per heavy atom. The molecule has 1 N–H and O–H groups in total. The number of hydrogen-bond donors (Lipinski definition) is 1. The molecule has 3 aromatic rings. The first-order chi connectivity index (χ1) is 14.5. The van der Waals surface area contributed by atoms with Crippen molar-refractivity contribution in [1.82, 2.24) is 9.99 Å². The van der Waals surface area contributed by atoms with Crippen molar-refractivity contribution >= 4 is 17.8 Å². The molecule has 5 nitrogen and oxygen atoms in total. The van der Waals surface area contributed by atoms with Gasteiger partial charge in [0.2, 0.25) is 0 Å². The molecule has 1 aliphatic rings. The number of hydrazone groups is 1. The molecule has 0 unspecified atom stereocenters. The van der Waals surface area contributed by atoms with E-state index in [-0.39, 0.29) is 11.7 Å². The quantitative estimate of drug-likeness (QED) is 0.499. The summed E-state index contributed by atoms with van der Waals surface area (Å²) in [5.41, 5.74) is 7.38. The maximum atomic E-state index is 14.4. The number of anilines is 1. The minimum absolute atomic E-state index is 0.266. The highest BCUT2D eigenvalue weighted by molar-refractivity contribution is 5.95. The van der Waals surface area contributed by atoms with Gasteiger partial charge in [-0.1, -0.05) is 12.1 Å². The predicted molar refractivity (Wildman–Crippen MR) is 118 cm³/mol. The van der Waals surface area contributed by atoms with Gasteiger partial charge in [-0.05, 0) is 74.7 Å². The Balaban J connectivity index is 1.44. The predicted octanol–water partition coefficient (Wildman–Crippen LogP) is 4.60. The third-order valence-electron chi connectivity index (χ3n) is 5.44. The number of halogens is 1. The summed E-state index contributed by atoms with van der Waals surface area (Å²) in [5, 5.41) is 4.00. The van der Waals surface area contributed by atoms with E-state index in [1.807, 2.05) is 50.2 Å². The molecule has 0 aliphatic carbocycles. The van der Waals surface area contributed by atoms with Crippen LogP contribution in [0.4, 0.5) is 10.1 Å². The highest BCUT2D eigenvalue weighted by Gasteiger charge is 2.16. The Kier molecular flexibility index (Phi) is 5.65. The smallest absolute Gasteiger partial charge is 0.271 e. The van der Waals surface area contributed by atoms with Crippen LogP contribution in [0.25, 0.3) is 5.69 Å². The maximum Gasteiger partial charge on any atom is 0.271 e. The molecular formula is C24H25FN4O. The van der Waals surface area contributed by atoms with E-state index in [1.54, 1.807) is 12.1 Å². The number of hydrogen-bond acceptors (Lipinski definition) is 3. The zero-order chi connectivity index (χ0) is 21.1. The van der Waals surface area contributed by atoms with E-state index in [9.17, 15) is 9.18 Å². The average molecular weight is 404 g/mol. The number of nitrogens with zero attached hydrogens (tertiary/aromatic N) is 3. The minimum Gasteiger partial charge on any atom is -0.369 e. The Bertz CT molecular complexity index is 1080. The van der Waals surface area contributed by atoms with Crippen LogP contribution < -0.4 is 10.3 Å². The summed E-state index contributed by atoms with van der Waals surface area (Å²) in [6.07, 6.45) is 3.65. The SMILES string of the molecule is Cc1ccc(C)n1-c1cccc(C(=O)N/N=C\c2ccc(N3CCCC3)c(F)c2)c1. The van der Waals surface area contributed by atoms with Gasteiger partial charge in [-0.2, -0.15) is 5.10 Å². The Hall–Kier alpha value is -3.41. The van der Waals surface area contributed by atoms with Gasteiger partial charge in [0.15, 0.2) is 0 Å². The van der Waals surface area contributed by atoms with Gasteiger partial charge < -0.3 is 9.47 Å². The molecule has 30 heavy (non-hydrogen) atoms. The van der Waals surface area contributed by atoms with Crippen molar-refractivity contribution in [3.63, 3.8) is 0 Å². The fraction of sp³-hybridized carbons (Fsp3) is 0.250. The van der Waals surface area contributed by atoms with E-state index in [0.29, 0.717) is 16.8 Å². The van der Waals surface area contributed by atoms with Crippen LogP contribution in [-0.2, 0) is 0 Å². The standard InChI is InChI=1S/C24H25FN4O/c1-17-8-9-18(2)29(17)21-7-5-6-20(15-21)24(30)27-26-16-19-10-11-23(22(25)14-19)28-12-3-4-13-28/h5-11,14-16H,3-4,12-13H2,1-2H3,(H,27,30)/b26-16-. The van der Waals surface area contributed by atoms with Crippen molar-refractivity contribution in [2.24, 2.45) is 5.10 Å². The number of carbonyl (C=O) groups is 1.